The van der Waals surface area contributed by atoms with Crippen molar-refractivity contribution in [2.75, 3.05) is 18.4 Å². The lowest BCUT2D eigenvalue weighted by atomic mass is 9.94. The van der Waals surface area contributed by atoms with Crippen molar-refractivity contribution < 1.29 is 9.59 Å². The molecule has 2 saturated heterocycles. The van der Waals surface area contributed by atoms with Crippen LogP contribution in [0.1, 0.15) is 26.7 Å². The van der Waals surface area contributed by atoms with Gasteiger partial charge < -0.3 is 10.2 Å². The number of anilines is 1. The predicted molar refractivity (Wildman–Crippen MR) is 106 cm³/mol. The van der Waals surface area contributed by atoms with Gasteiger partial charge in [-0.25, -0.2) is 5.43 Å². The lowest BCUT2D eigenvalue weighted by molar-refractivity contribution is -0.136. The highest BCUT2D eigenvalue weighted by Gasteiger charge is 2.42. The summed E-state index contributed by atoms with van der Waals surface area (Å²) in [6.07, 6.45) is 1.40. The van der Waals surface area contributed by atoms with E-state index in [4.69, 9.17) is 0 Å². The van der Waals surface area contributed by atoms with Crippen molar-refractivity contribution >= 4 is 33.4 Å². The van der Waals surface area contributed by atoms with Gasteiger partial charge in [0, 0.05) is 30.7 Å². The van der Waals surface area contributed by atoms with E-state index in [0.717, 1.165) is 5.69 Å². The molecule has 26 heavy (non-hydrogen) atoms. The fraction of sp³-hybridized carbons (Fsp3) is 0.579. The SMILES string of the molecule is CC(C)C1NNC(C(=O)N2CCC(C(=O)Nc3ccccc3)CC2)C1Br. The molecule has 3 N–H and O–H groups in total. The minimum absolute atomic E-state index is 0.0437. The van der Waals surface area contributed by atoms with Crippen LogP contribution in [0.15, 0.2) is 30.3 Å². The van der Waals surface area contributed by atoms with Crippen LogP contribution in [0.3, 0.4) is 0 Å². The second-order valence-electron chi connectivity index (χ2n) is 7.44. The van der Waals surface area contributed by atoms with Crippen molar-refractivity contribution in [3.8, 4) is 0 Å². The Balaban J connectivity index is 1.50. The van der Waals surface area contributed by atoms with Crippen LogP contribution in [0.4, 0.5) is 5.69 Å². The molecule has 2 fully saturated rings. The molecule has 2 amide bonds. The van der Waals surface area contributed by atoms with Crippen molar-refractivity contribution in [1.29, 1.82) is 0 Å². The second kappa shape index (κ2) is 8.50. The zero-order chi connectivity index (χ0) is 18.7. The molecule has 3 atom stereocenters. The van der Waals surface area contributed by atoms with Crippen molar-refractivity contribution in [3.05, 3.63) is 30.3 Å². The van der Waals surface area contributed by atoms with Gasteiger partial charge in [0.25, 0.3) is 0 Å². The number of hydrogen-bond acceptors (Lipinski definition) is 4. The fourth-order valence-electron chi connectivity index (χ4n) is 3.61. The van der Waals surface area contributed by atoms with Crippen LogP contribution in [0.25, 0.3) is 0 Å². The number of alkyl halides is 1. The number of hydrogen-bond donors (Lipinski definition) is 3. The van der Waals surface area contributed by atoms with E-state index in [0.29, 0.717) is 31.8 Å². The molecule has 0 spiro atoms. The molecule has 2 aliphatic heterocycles. The van der Waals surface area contributed by atoms with Gasteiger partial charge in [0.05, 0.1) is 4.83 Å². The molecule has 2 aliphatic rings. The van der Waals surface area contributed by atoms with Crippen LogP contribution in [0.5, 0.6) is 0 Å². The van der Waals surface area contributed by atoms with Gasteiger partial charge in [0.15, 0.2) is 0 Å². The summed E-state index contributed by atoms with van der Waals surface area (Å²) < 4.78 is 0. The van der Waals surface area contributed by atoms with Crippen LogP contribution < -0.4 is 16.2 Å². The van der Waals surface area contributed by atoms with Crippen LogP contribution in [-0.4, -0.2) is 46.7 Å². The highest BCUT2D eigenvalue weighted by atomic mass is 79.9. The Morgan fingerprint density at radius 2 is 1.81 bits per heavy atom. The summed E-state index contributed by atoms with van der Waals surface area (Å²) in [5.74, 6) is 0.529. The van der Waals surface area contributed by atoms with Crippen molar-refractivity contribution in [3.63, 3.8) is 0 Å². The summed E-state index contributed by atoms with van der Waals surface area (Å²) >= 11 is 3.67. The molecule has 0 bridgehead atoms. The van der Waals surface area contributed by atoms with E-state index < -0.39 is 0 Å². The van der Waals surface area contributed by atoms with Crippen molar-refractivity contribution in [1.82, 2.24) is 15.8 Å². The number of amides is 2. The predicted octanol–water partition coefficient (Wildman–Crippen LogP) is 2.13. The third-order valence-corrected chi connectivity index (χ3v) is 6.37. The van der Waals surface area contributed by atoms with Crippen molar-refractivity contribution in [2.45, 2.75) is 43.6 Å². The Labute approximate surface area is 163 Å². The largest absolute Gasteiger partial charge is 0.341 e. The first-order chi connectivity index (χ1) is 12.5. The second-order valence-corrected chi connectivity index (χ2v) is 8.49. The van der Waals surface area contributed by atoms with Crippen LogP contribution in [0, 0.1) is 11.8 Å². The third-order valence-electron chi connectivity index (χ3n) is 5.27. The van der Waals surface area contributed by atoms with Crippen LogP contribution in [0.2, 0.25) is 0 Å². The number of benzene rings is 1. The van der Waals surface area contributed by atoms with Crippen LogP contribution in [-0.2, 0) is 9.59 Å². The topological polar surface area (TPSA) is 73.5 Å². The molecule has 142 valence electrons. The van der Waals surface area contributed by atoms with Gasteiger partial charge in [0.1, 0.15) is 6.04 Å². The van der Waals surface area contributed by atoms with E-state index in [2.05, 4.69) is 45.9 Å². The Kier molecular flexibility index (Phi) is 6.32. The molecule has 0 aromatic heterocycles. The Hall–Kier alpha value is -1.44. The summed E-state index contributed by atoms with van der Waals surface area (Å²) in [4.78, 5) is 27.2. The molecule has 0 saturated carbocycles. The quantitative estimate of drug-likeness (QED) is 0.649. The fourth-order valence-corrected chi connectivity index (χ4v) is 4.71. The summed E-state index contributed by atoms with van der Waals surface area (Å²) in [5, 5.41) is 2.96. The first-order valence-corrected chi connectivity index (χ1v) is 10.2. The minimum Gasteiger partial charge on any atom is -0.341 e. The first kappa shape index (κ1) is 19.3. The minimum atomic E-state index is -0.267. The summed E-state index contributed by atoms with van der Waals surface area (Å²) in [7, 11) is 0. The molecule has 3 rings (SSSR count). The number of para-hydroxylation sites is 1. The molecular weight excluding hydrogens is 396 g/mol. The number of likely N-dealkylation sites (tertiary alicyclic amines) is 1. The van der Waals surface area contributed by atoms with E-state index in [-0.39, 0.29) is 34.6 Å². The average molecular weight is 423 g/mol. The Morgan fingerprint density at radius 1 is 1.15 bits per heavy atom. The highest BCUT2D eigenvalue weighted by Crippen LogP contribution is 2.25. The molecule has 6 nitrogen and oxygen atoms in total. The van der Waals surface area contributed by atoms with Gasteiger partial charge in [0.2, 0.25) is 11.8 Å². The summed E-state index contributed by atoms with van der Waals surface area (Å²) in [6.45, 7) is 5.51. The maximum Gasteiger partial charge on any atom is 0.242 e. The number of piperidine rings is 1. The molecule has 2 heterocycles. The molecule has 3 unspecified atom stereocenters. The van der Waals surface area contributed by atoms with Crippen LogP contribution >= 0.6 is 15.9 Å². The molecule has 0 aliphatic carbocycles. The number of hydrazine groups is 1. The van der Waals surface area contributed by atoms with E-state index in [1.807, 2.05) is 35.2 Å². The van der Waals surface area contributed by atoms with Gasteiger partial charge in [-0.1, -0.05) is 48.0 Å². The number of nitrogens with zero attached hydrogens (tertiary/aromatic N) is 1. The van der Waals surface area contributed by atoms with Crippen molar-refractivity contribution in [2.24, 2.45) is 11.8 Å². The molecular formula is C19H27BrN4O2. The third kappa shape index (κ3) is 4.27. The van der Waals surface area contributed by atoms with Gasteiger partial charge in [-0.2, -0.15) is 0 Å². The number of rotatable bonds is 4. The average Bonchev–Trinajstić information content (AvgIpc) is 3.04. The highest BCUT2D eigenvalue weighted by molar-refractivity contribution is 9.09. The zero-order valence-corrected chi connectivity index (χ0v) is 16.8. The summed E-state index contributed by atoms with van der Waals surface area (Å²) in [5.41, 5.74) is 7.17. The zero-order valence-electron chi connectivity index (χ0n) is 15.2. The van der Waals surface area contributed by atoms with E-state index in [1.54, 1.807) is 0 Å². The summed E-state index contributed by atoms with van der Waals surface area (Å²) in [6, 6.07) is 9.46. The smallest absolute Gasteiger partial charge is 0.242 e. The van der Waals surface area contributed by atoms with Gasteiger partial charge in [-0.05, 0) is 30.9 Å². The molecule has 7 heteroatoms. The van der Waals surface area contributed by atoms with Gasteiger partial charge in [-0.15, -0.1) is 0 Å². The number of carbonyl (C=O) groups excluding carboxylic acids is 2. The lowest BCUT2D eigenvalue weighted by Gasteiger charge is -2.33. The number of halogens is 1. The monoisotopic (exact) mass is 422 g/mol. The maximum atomic E-state index is 12.8. The Bertz CT molecular complexity index is 632. The number of carbonyl (C=O) groups is 2. The number of nitrogens with one attached hydrogen (secondary N) is 3. The van der Waals surface area contributed by atoms with E-state index >= 15 is 0 Å². The molecule has 0 radical (unpaired) electrons. The standard InChI is InChI=1S/C19H27BrN4O2/c1-12(2)16-15(20)17(23-22-16)19(26)24-10-8-13(9-11-24)18(25)21-14-6-4-3-5-7-14/h3-7,12-13,15-17,22-23H,8-11H2,1-2H3,(H,21,25). The Morgan fingerprint density at radius 3 is 2.38 bits per heavy atom. The normalized spacial score (nSPS) is 26.9. The first-order valence-electron chi connectivity index (χ1n) is 9.27. The van der Waals surface area contributed by atoms with E-state index in [1.165, 1.54) is 0 Å². The molecule has 1 aromatic carbocycles. The van der Waals surface area contributed by atoms with Gasteiger partial charge in [-0.3, -0.25) is 15.0 Å². The van der Waals surface area contributed by atoms with E-state index in [9.17, 15) is 9.59 Å². The lowest BCUT2D eigenvalue weighted by Crippen LogP contribution is -2.51. The maximum absolute atomic E-state index is 12.8. The van der Waals surface area contributed by atoms with Gasteiger partial charge >= 0.3 is 0 Å². The molecule has 1 aromatic rings.